The van der Waals surface area contributed by atoms with Crippen molar-refractivity contribution in [2.24, 2.45) is 0 Å². The number of unbranched alkanes of at least 4 members (excludes halogenated alkanes) is 6. The highest BCUT2D eigenvalue weighted by Crippen LogP contribution is 2.21. The van der Waals surface area contributed by atoms with Crippen molar-refractivity contribution in [1.29, 1.82) is 0 Å². The van der Waals surface area contributed by atoms with E-state index >= 15 is 0 Å². The van der Waals surface area contributed by atoms with E-state index in [-0.39, 0.29) is 0 Å². The standard InChI is InChI=1S/C22H32N2O2/c1-3-5-7-9-17-25-20-13-11-19(12-14-20)21-15-16-22(24-23-21)26-18-10-8-6-4-2/h11-16H,3-10,17-18H2,1-2H3. The zero-order valence-electron chi connectivity index (χ0n) is 16.2. The summed E-state index contributed by atoms with van der Waals surface area (Å²) in [5, 5.41) is 8.44. The van der Waals surface area contributed by atoms with Gasteiger partial charge in [0.05, 0.1) is 18.9 Å². The van der Waals surface area contributed by atoms with E-state index in [1.54, 1.807) is 0 Å². The monoisotopic (exact) mass is 356 g/mol. The number of nitrogens with zero attached hydrogens (tertiary/aromatic N) is 2. The van der Waals surface area contributed by atoms with Gasteiger partial charge in [-0.3, -0.25) is 0 Å². The average molecular weight is 357 g/mol. The first kappa shape index (κ1) is 20.2. The van der Waals surface area contributed by atoms with Crippen molar-refractivity contribution in [2.75, 3.05) is 13.2 Å². The topological polar surface area (TPSA) is 44.2 Å². The van der Waals surface area contributed by atoms with Crippen molar-refractivity contribution in [2.45, 2.75) is 65.2 Å². The molecule has 0 saturated carbocycles. The quantitative estimate of drug-likeness (QED) is 0.409. The Morgan fingerprint density at radius 3 is 1.88 bits per heavy atom. The lowest BCUT2D eigenvalue weighted by atomic mass is 10.1. The third-order valence-electron chi connectivity index (χ3n) is 4.30. The van der Waals surface area contributed by atoms with Crippen LogP contribution in [-0.2, 0) is 0 Å². The average Bonchev–Trinajstić information content (AvgIpc) is 2.69. The van der Waals surface area contributed by atoms with E-state index in [1.807, 2.05) is 36.4 Å². The fourth-order valence-electron chi connectivity index (χ4n) is 2.70. The summed E-state index contributed by atoms with van der Waals surface area (Å²) >= 11 is 0. The Bertz CT molecular complexity index is 541. The Morgan fingerprint density at radius 2 is 1.31 bits per heavy atom. The SMILES string of the molecule is CCCCCCOc1ccc(-c2ccc(OCCCCCC)nn2)cc1. The first-order valence-corrected chi connectivity index (χ1v) is 10.0. The van der Waals surface area contributed by atoms with Crippen LogP contribution in [0.15, 0.2) is 36.4 Å². The molecule has 0 aliphatic rings. The molecule has 0 atom stereocenters. The van der Waals surface area contributed by atoms with Gasteiger partial charge < -0.3 is 9.47 Å². The maximum Gasteiger partial charge on any atom is 0.233 e. The van der Waals surface area contributed by atoms with Gasteiger partial charge in [0.1, 0.15) is 5.75 Å². The Balaban J connectivity index is 1.77. The molecule has 0 spiro atoms. The lowest BCUT2D eigenvalue weighted by Crippen LogP contribution is -2.00. The van der Waals surface area contributed by atoms with Crippen LogP contribution < -0.4 is 9.47 Å². The van der Waals surface area contributed by atoms with E-state index in [9.17, 15) is 0 Å². The molecular formula is C22H32N2O2. The summed E-state index contributed by atoms with van der Waals surface area (Å²) in [6.07, 6.45) is 9.63. The molecule has 1 aromatic carbocycles. The zero-order chi connectivity index (χ0) is 18.5. The van der Waals surface area contributed by atoms with Gasteiger partial charge in [-0.2, -0.15) is 0 Å². The number of hydrogen-bond acceptors (Lipinski definition) is 4. The fourth-order valence-corrected chi connectivity index (χ4v) is 2.70. The second-order valence-electron chi connectivity index (χ2n) is 6.60. The van der Waals surface area contributed by atoms with Crippen LogP contribution >= 0.6 is 0 Å². The van der Waals surface area contributed by atoms with Crippen LogP contribution in [0.3, 0.4) is 0 Å². The van der Waals surface area contributed by atoms with Crippen molar-refractivity contribution >= 4 is 0 Å². The molecule has 0 aliphatic carbocycles. The molecule has 0 radical (unpaired) electrons. The van der Waals surface area contributed by atoms with Gasteiger partial charge in [0, 0.05) is 11.6 Å². The molecule has 0 saturated heterocycles. The second kappa shape index (κ2) is 12.3. The Kier molecular flexibility index (Phi) is 9.55. The molecule has 4 heteroatoms. The summed E-state index contributed by atoms with van der Waals surface area (Å²) in [7, 11) is 0. The van der Waals surface area contributed by atoms with E-state index in [2.05, 4.69) is 24.0 Å². The van der Waals surface area contributed by atoms with Gasteiger partial charge in [0.2, 0.25) is 5.88 Å². The number of hydrogen-bond donors (Lipinski definition) is 0. The maximum atomic E-state index is 5.78. The number of ether oxygens (including phenoxy) is 2. The summed E-state index contributed by atoms with van der Waals surface area (Å²) in [6, 6.07) is 11.9. The normalized spacial score (nSPS) is 10.7. The fraction of sp³-hybridized carbons (Fsp3) is 0.545. The largest absolute Gasteiger partial charge is 0.494 e. The highest BCUT2D eigenvalue weighted by Gasteiger charge is 2.03. The molecule has 0 unspecified atom stereocenters. The number of benzene rings is 1. The van der Waals surface area contributed by atoms with Crippen LogP contribution in [0.25, 0.3) is 11.3 Å². The van der Waals surface area contributed by atoms with Crippen LogP contribution in [0.4, 0.5) is 0 Å². The van der Waals surface area contributed by atoms with E-state index < -0.39 is 0 Å². The Hall–Kier alpha value is -2.10. The van der Waals surface area contributed by atoms with E-state index in [4.69, 9.17) is 9.47 Å². The minimum Gasteiger partial charge on any atom is -0.494 e. The van der Waals surface area contributed by atoms with Gasteiger partial charge in [-0.15, -0.1) is 10.2 Å². The van der Waals surface area contributed by atoms with Gasteiger partial charge in [-0.1, -0.05) is 52.4 Å². The molecule has 4 nitrogen and oxygen atoms in total. The van der Waals surface area contributed by atoms with Crippen molar-refractivity contribution in [3.63, 3.8) is 0 Å². The van der Waals surface area contributed by atoms with Crippen molar-refractivity contribution < 1.29 is 9.47 Å². The third kappa shape index (κ3) is 7.42. The second-order valence-corrected chi connectivity index (χ2v) is 6.60. The molecule has 1 aromatic heterocycles. The van der Waals surface area contributed by atoms with Crippen LogP contribution in [0.5, 0.6) is 11.6 Å². The number of rotatable bonds is 13. The molecule has 142 valence electrons. The van der Waals surface area contributed by atoms with E-state index in [1.165, 1.54) is 38.5 Å². The molecule has 2 rings (SSSR count). The Morgan fingerprint density at radius 1 is 0.654 bits per heavy atom. The van der Waals surface area contributed by atoms with Gasteiger partial charge in [0.25, 0.3) is 0 Å². The molecule has 0 amide bonds. The molecule has 0 N–H and O–H groups in total. The third-order valence-corrected chi connectivity index (χ3v) is 4.30. The summed E-state index contributed by atoms with van der Waals surface area (Å²) in [5.74, 6) is 1.50. The summed E-state index contributed by atoms with van der Waals surface area (Å²) < 4.78 is 11.4. The van der Waals surface area contributed by atoms with Gasteiger partial charge in [-0.05, 0) is 43.2 Å². The molecule has 0 fully saturated rings. The van der Waals surface area contributed by atoms with Crippen LogP contribution in [0.2, 0.25) is 0 Å². The van der Waals surface area contributed by atoms with Crippen LogP contribution in [0.1, 0.15) is 65.2 Å². The highest BCUT2D eigenvalue weighted by atomic mass is 16.5. The predicted octanol–water partition coefficient (Wildman–Crippen LogP) is 6.06. The molecule has 0 bridgehead atoms. The lowest BCUT2D eigenvalue weighted by molar-refractivity contribution is 0.290. The molecule has 0 aliphatic heterocycles. The summed E-state index contributed by atoms with van der Waals surface area (Å²) in [4.78, 5) is 0. The van der Waals surface area contributed by atoms with Crippen LogP contribution in [-0.4, -0.2) is 23.4 Å². The summed E-state index contributed by atoms with van der Waals surface area (Å²) in [5.41, 5.74) is 1.88. The van der Waals surface area contributed by atoms with E-state index in [0.717, 1.165) is 36.5 Å². The summed E-state index contributed by atoms with van der Waals surface area (Å²) in [6.45, 7) is 5.91. The minimum absolute atomic E-state index is 0.595. The predicted molar refractivity (Wildman–Crippen MR) is 107 cm³/mol. The molecule has 26 heavy (non-hydrogen) atoms. The van der Waals surface area contributed by atoms with Gasteiger partial charge >= 0.3 is 0 Å². The lowest BCUT2D eigenvalue weighted by Gasteiger charge is -2.07. The van der Waals surface area contributed by atoms with Crippen molar-refractivity contribution in [3.05, 3.63) is 36.4 Å². The zero-order valence-corrected chi connectivity index (χ0v) is 16.2. The van der Waals surface area contributed by atoms with E-state index in [0.29, 0.717) is 12.5 Å². The smallest absolute Gasteiger partial charge is 0.233 e. The first-order valence-electron chi connectivity index (χ1n) is 10.0. The molecule has 2 aromatic rings. The maximum absolute atomic E-state index is 5.78. The minimum atomic E-state index is 0.595. The highest BCUT2D eigenvalue weighted by molar-refractivity contribution is 5.59. The van der Waals surface area contributed by atoms with Crippen LogP contribution in [0, 0.1) is 0 Å². The van der Waals surface area contributed by atoms with Crippen molar-refractivity contribution in [1.82, 2.24) is 10.2 Å². The Labute approximate surface area is 158 Å². The molecular weight excluding hydrogens is 324 g/mol. The first-order chi connectivity index (χ1) is 12.8. The molecule has 1 heterocycles. The van der Waals surface area contributed by atoms with Gasteiger partial charge in [-0.25, -0.2) is 0 Å². The van der Waals surface area contributed by atoms with Gasteiger partial charge in [0.15, 0.2) is 0 Å². The number of aromatic nitrogens is 2. The van der Waals surface area contributed by atoms with Crippen molar-refractivity contribution in [3.8, 4) is 22.9 Å².